The molecule has 0 aliphatic carbocycles. The van der Waals surface area contributed by atoms with Crippen LogP contribution in [0.5, 0.6) is 0 Å². The van der Waals surface area contributed by atoms with E-state index in [1.54, 1.807) is 18.3 Å². The number of nitrogens with zero attached hydrogens (tertiary/aromatic N) is 1. The fourth-order valence-corrected chi connectivity index (χ4v) is 2.34. The van der Waals surface area contributed by atoms with Crippen molar-refractivity contribution in [3.8, 4) is 0 Å². The molecule has 3 N–H and O–H groups in total. The zero-order valence-electron chi connectivity index (χ0n) is 15.2. The van der Waals surface area contributed by atoms with Gasteiger partial charge in [0.25, 0.3) is 0 Å². The van der Waals surface area contributed by atoms with Crippen molar-refractivity contribution >= 4 is 29.2 Å². The summed E-state index contributed by atoms with van der Waals surface area (Å²) < 4.78 is 4.58. The summed E-state index contributed by atoms with van der Waals surface area (Å²) in [6, 6.07) is 12.5. The molecular weight excluding hydrogens is 332 g/mol. The van der Waals surface area contributed by atoms with Crippen molar-refractivity contribution in [3.63, 3.8) is 0 Å². The molecule has 7 heteroatoms. The Morgan fingerprint density at radius 3 is 2.38 bits per heavy atom. The Labute approximate surface area is 153 Å². The minimum atomic E-state index is -0.676. The Bertz CT molecular complexity index is 717. The Balaban J connectivity index is 1.99. The van der Waals surface area contributed by atoms with E-state index in [-0.39, 0.29) is 11.8 Å². The first-order valence-corrected chi connectivity index (χ1v) is 8.41. The monoisotopic (exact) mass is 356 g/mol. The third-order valence-electron chi connectivity index (χ3n) is 3.58. The number of methoxy groups -OCH3 is 1. The maximum absolute atomic E-state index is 12.5. The molecule has 138 valence electrons. The number of pyridine rings is 1. The first kappa shape index (κ1) is 19.2. The second kappa shape index (κ2) is 9.41. The lowest BCUT2D eigenvalue weighted by Gasteiger charge is -2.19. The van der Waals surface area contributed by atoms with Gasteiger partial charge in [0.15, 0.2) is 0 Å². The summed E-state index contributed by atoms with van der Waals surface area (Å²) in [7, 11) is 1.27. The Kier molecular flexibility index (Phi) is 6.96. The molecule has 1 unspecified atom stereocenters. The van der Waals surface area contributed by atoms with Crippen molar-refractivity contribution in [1.82, 2.24) is 10.3 Å². The van der Waals surface area contributed by atoms with Crippen LogP contribution in [0, 0.1) is 5.92 Å². The zero-order valence-corrected chi connectivity index (χ0v) is 15.2. The maximum atomic E-state index is 12.5. The number of carbonyl (C=O) groups excluding carboxylic acids is 2. The van der Waals surface area contributed by atoms with E-state index in [1.807, 2.05) is 44.2 Å². The molecule has 1 aromatic heterocycles. The van der Waals surface area contributed by atoms with E-state index >= 15 is 0 Å². The molecule has 0 radical (unpaired) electrons. The van der Waals surface area contributed by atoms with Crippen molar-refractivity contribution in [2.75, 3.05) is 17.7 Å². The van der Waals surface area contributed by atoms with Gasteiger partial charge in [0.2, 0.25) is 5.91 Å². The SMILES string of the molecule is COC(=O)NC(CC(C)C)C(=O)Nc1ccc(Nc2ccccc2)nc1. The third kappa shape index (κ3) is 6.08. The molecule has 0 saturated heterocycles. The first-order valence-electron chi connectivity index (χ1n) is 8.41. The van der Waals surface area contributed by atoms with Crippen LogP contribution >= 0.6 is 0 Å². The van der Waals surface area contributed by atoms with Gasteiger partial charge in [-0.2, -0.15) is 0 Å². The lowest BCUT2D eigenvalue weighted by Crippen LogP contribution is -2.44. The molecule has 2 amide bonds. The van der Waals surface area contributed by atoms with E-state index in [9.17, 15) is 9.59 Å². The first-order chi connectivity index (χ1) is 12.5. The molecule has 7 nitrogen and oxygen atoms in total. The summed E-state index contributed by atoms with van der Waals surface area (Å²) in [6.45, 7) is 3.95. The van der Waals surface area contributed by atoms with Gasteiger partial charge in [0, 0.05) is 5.69 Å². The van der Waals surface area contributed by atoms with Gasteiger partial charge >= 0.3 is 6.09 Å². The van der Waals surface area contributed by atoms with Crippen LogP contribution in [-0.2, 0) is 9.53 Å². The highest BCUT2D eigenvalue weighted by Crippen LogP contribution is 2.16. The lowest BCUT2D eigenvalue weighted by atomic mass is 10.0. The van der Waals surface area contributed by atoms with Gasteiger partial charge in [-0.25, -0.2) is 9.78 Å². The molecule has 2 aromatic rings. The minimum absolute atomic E-state index is 0.235. The van der Waals surface area contributed by atoms with Crippen LogP contribution in [0.2, 0.25) is 0 Å². The minimum Gasteiger partial charge on any atom is -0.453 e. The number of amides is 2. The summed E-state index contributed by atoms with van der Waals surface area (Å²) in [4.78, 5) is 28.2. The largest absolute Gasteiger partial charge is 0.453 e. The quantitative estimate of drug-likeness (QED) is 0.706. The number of benzene rings is 1. The fourth-order valence-electron chi connectivity index (χ4n) is 2.34. The standard InChI is InChI=1S/C19H24N4O3/c1-13(2)11-16(23-19(25)26-3)18(24)22-15-9-10-17(20-12-15)21-14-7-5-4-6-8-14/h4-10,12-13,16H,11H2,1-3H3,(H,20,21)(H,22,24)(H,23,25). The van der Waals surface area contributed by atoms with E-state index in [0.717, 1.165) is 5.69 Å². The highest BCUT2D eigenvalue weighted by atomic mass is 16.5. The molecule has 1 atom stereocenters. The van der Waals surface area contributed by atoms with Gasteiger partial charge in [-0.1, -0.05) is 32.0 Å². The predicted octanol–water partition coefficient (Wildman–Crippen LogP) is 3.53. The molecule has 0 aliphatic rings. The van der Waals surface area contributed by atoms with Crippen LogP contribution in [0.15, 0.2) is 48.7 Å². The highest BCUT2D eigenvalue weighted by molar-refractivity contribution is 5.96. The predicted molar refractivity (Wildman–Crippen MR) is 101 cm³/mol. The van der Waals surface area contributed by atoms with Crippen LogP contribution < -0.4 is 16.0 Å². The number of anilines is 3. The number of nitrogens with one attached hydrogen (secondary N) is 3. The van der Waals surface area contributed by atoms with Crippen molar-refractivity contribution in [2.24, 2.45) is 5.92 Å². The van der Waals surface area contributed by atoms with Crippen molar-refractivity contribution in [3.05, 3.63) is 48.7 Å². The number of aromatic nitrogens is 1. The van der Waals surface area contributed by atoms with Gasteiger partial charge in [0.1, 0.15) is 11.9 Å². The molecular formula is C19H24N4O3. The molecule has 2 rings (SSSR count). The summed E-state index contributed by atoms with van der Waals surface area (Å²) >= 11 is 0. The average Bonchev–Trinajstić information content (AvgIpc) is 2.63. The van der Waals surface area contributed by atoms with E-state index in [4.69, 9.17) is 0 Å². The van der Waals surface area contributed by atoms with Gasteiger partial charge in [-0.05, 0) is 36.6 Å². The number of para-hydroxylation sites is 1. The van der Waals surface area contributed by atoms with Crippen LogP contribution in [0.1, 0.15) is 20.3 Å². The number of hydrogen-bond acceptors (Lipinski definition) is 5. The Morgan fingerprint density at radius 2 is 1.81 bits per heavy atom. The number of carbonyl (C=O) groups is 2. The number of hydrogen-bond donors (Lipinski definition) is 3. The van der Waals surface area contributed by atoms with Gasteiger partial charge in [-0.15, -0.1) is 0 Å². The average molecular weight is 356 g/mol. The maximum Gasteiger partial charge on any atom is 0.407 e. The molecule has 1 aromatic carbocycles. The normalized spacial score (nSPS) is 11.5. The summed E-state index contributed by atoms with van der Waals surface area (Å²) in [5.41, 5.74) is 1.48. The summed E-state index contributed by atoms with van der Waals surface area (Å²) in [6.07, 6.45) is 1.43. The van der Waals surface area contributed by atoms with Gasteiger partial charge in [-0.3, -0.25) is 4.79 Å². The van der Waals surface area contributed by atoms with E-state index in [0.29, 0.717) is 17.9 Å². The summed E-state index contributed by atoms with van der Waals surface area (Å²) in [5.74, 6) is 0.591. The molecule has 0 bridgehead atoms. The van der Waals surface area contributed by atoms with Crippen LogP contribution in [0.25, 0.3) is 0 Å². The lowest BCUT2D eigenvalue weighted by molar-refractivity contribution is -0.118. The second-order valence-corrected chi connectivity index (χ2v) is 6.23. The van der Waals surface area contributed by atoms with Gasteiger partial charge in [0.05, 0.1) is 19.0 Å². The summed E-state index contributed by atoms with van der Waals surface area (Å²) in [5, 5.41) is 8.49. The molecule has 0 spiro atoms. The Morgan fingerprint density at radius 1 is 1.08 bits per heavy atom. The third-order valence-corrected chi connectivity index (χ3v) is 3.58. The van der Waals surface area contributed by atoms with Crippen LogP contribution in [0.4, 0.5) is 22.0 Å². The molecule has 0 saturated carbocycles. The Hall–Kier alpha value is -3.09. The molecule has 26 heavy (non-hydrogen) atoms. The second-order valence-electron chi connectivity index (χ2n) is 6.23. The topological polar surface area (TPSA) is 92.3 Å². The van der Waals surface area contributed by atoms with Crippen molar-refractivity contribution < 1.29 is 14.3 Å². The molecule has 0 aliphatic heterocycles. The van der Waals surface area contributed by atoms with E-state index < -0.39 is 12.1 Å². The number of rotatable bonds is 7. The van der Waals surface area contributed by atoms with Gasteiger partial charge < -0.3 is 20.7 Å². The van der Waals surface area contributed by atoms with E-state index in [2.05, 4.69) is 25.7 Å². The van der Waals surface area contributed by atoms with Crippen LogP contribution in [0.3, 0.4) is 0 Å². The van der Waals surface area contributed by atoms with Crippen LogP contribution in [-0.4, -0.2) is 30.1 Å². The molecule has 1 heterocycles. The zero-order chi connectivity index (χ0) is 18.9. The van der Waals surface area contributed by atoms with Crippen molar-refractivity contribution in [2.45, 2.75) is 26.3 Å². The van der Waals surface area contributed by atoms with E-state index in [1.165, 1.54) is 7.11 Å². The fraction of sp³-hybridized carbons (Fsp3) is 0.316. The number of ether oxygens (including phenoxy) is 1. The number of alkyl carbamates (subject to hydrolysis) is 1. The highest BCUT2D eigenvalue weighted by Gasteiger charge is 2.22. The molecule has 0 fully saturated rings. The smallest absolute Gasteiger partial charge is 0.407 e. The van der Waals surface area contributed by atoms with Crippen molar-refractivity contribution in [1.29, 1.82) is 0 Å².